The van der Waals surface area contributed by atoms with E-state index in [1.165, 1.54) is 16.5 Å². The molecule has 1 aromatic carbocycles. The van der Waals surface area contributed by atoms with Gasteiger partial charge in [-0.15, -0.1) is 0 Å². The fourth-order valence-corrected chi connectivity index (χ4v) is 1.98. The van der Waals surface area contributed by atoms with Crippen LogP contribution in [0.2, 0.25) is 0 Å². The van der Waals surface area contributed by atoms with E-state index in [2.05, 4.69) is 39.6 Å². The number of fused-ring (bicyclic) bond motifs is 1. The minimum Gasteiger partial charge on any atom is -0.361 e. The summed E-state index contributed by atoms with van der Waals surface area (Å²) < 4.78 is 0. The number of rotatable bonds is 1. The summed E-state index contributed by atoms with van der Waals surface area (Å²) in [6.07, 6.45) is 3.10. The molecule has 3 heteroatoms. The van der Waals surface area contributed by atoms with Gasteiger partial charge in [0.05, 0.1) is 12.6 Å². The molecular weight excluding hydrogens is 174 g/mol. The van der Waals surface area contributed by atoms with Gasteiger partial charge in [0.25, 0.3) is 0 Å². The second kappa shape index (κ2) is 2.94. The zero-order chi connectivity index (χ0) is 9.38. The summed E-state index contributed by atoms with van der Waals surface area (Å²) in [5.74, 6) is 0. The van der Waals surface area contributed by atoms with Crippen LogP contribution >= 0.6 is 0 Å². The molecule has 0 spiro atoms. The average molecular weight is 185 g/mol. The first-order valence-electron chi connectivity index (χ1n) is 4.88. The summed E-state index contributed by atoms with van der Waals surface area (Å²) in [5.41, 5.74) is 2.46. The van der Waals surface area contributed by atoms with Crippen molar-refractivity contribution in [3.8, 4) is 0 Å². The molecule has 70 valence electrons. The maximum Gasteiger partial charge on any atom is 0.0996 e. The van der Waals surface area contributed by atoms with Crippen molar-refractivity contribution in [2.75, 3.05) is 6.54 Å². The second-order valence-corrected chi connectivity index (χ2v) is 3.57. The molecule has 1 atom stereocenters. The Balaban J connectivity index is 2.16. The van der Waals surface area contributed by atoms with E-state index in [1.54, 1.807) is 0 Å². The Hall–Kier alpha value is -1.64. The van der Waals surface area contributed by atoms with Crippen LogP contribution in [0.3, 0.4) is 0 Å². The number of aromatic nitrogens is 1. The van der Waals surface area contributed by atoms with Crippen LogP contribution in [-0.2, 0) is 0 Å². The molecule has 3 nitrogen and oxygen atoms in total. The minimum absolute atomic E-state index is 0.270. The highest BCUT2D eigenvalue weighted by Crippen LogP contribution is 2.31. The zero-order valence-electron chi connectivity index (χ0n) is 7.77. The first kappa shape index (κ1) is 7.74. The quantitative estimate of drug-likeness (QED) is 0.709. The monoisotopic (exact) mass is 185 g/mol. The highest BCUT2D eigenvalue weighted by molar-refractivity contribution is 5.83. The van der Waals surface area contributed by atoms with Crippen molar-refractivity contribution in [1.82, 2.24) is 4.98 Å². The molecule has 0 saturated carbocycles. The van der Waals surface area contributed by atoms with Crippen molar-refractivity contribution < 1.29 is 0 Å². The number of aromatic amines is 1. The van der Waals surface area contributed by atoms with Crippen molar-refractivity contribution in [3.05, 3.63) is 36.0 Å². The van der Waals surface area contributed by atoms with E-state index in [9.17, 15) is 0 Å². The van der Waals surface area contributed by atoms with Gasteiger partial charge < -0.3 is 4.98 Å². The topological polar surface area (TPSA) is 40.5 Å². The number of para-hydroxylation sites is 1. The van der Waals surface area contributed by atoms with Gasteiger partial charge >= 0.3 is 0 Å². The van der Waals surface area contributed by atoms with Crippen LogP contribution in [0.15, 0.2) is 40.7 Å². The van der Waals surface area contributed by atoms with Gasteiger partial charge in [-0.3, -0.25) is 0 Å². The van der Waals surface area contributed by atoms with Gasteiger partial charge in [-0.05, 0) is 12.5 Å². The minimum atomic E-state index is 0.270. The average Bonchev–Trinajstić information content (AvgIpc) is 2.85. The normalized spacial score (nSPS) is 20.7. The molecule has 14 heavy (non-hydrogen) atoms. The van der Waals surface area contributed by atoms with Gasteiger partial charge in [0.1, 0.15) is 0 Å². The third-order valence-electron chi connectivity index (χ3n) is 2.70. The number of hydrogen-bond acceptors (Lipinski definition) is 2. The molecule has 3 rings (SSSR count). The predicted molar refractivity (Wildman–Crippen MR) is 55.4 cm³/mol. The highest BCUT2D eigenvalue weighted by Gasteiger charge is 2.17. The number of nitrogens with zero attached hydrogens (tertiary/aromatic N) is 2. The van der Waals surface area contributed by atoms with Crippen molar-refractivity contribution in [1.29, 1.82) is 0 Å². The lowest BCUT2D eigenvalue weighted by molar-refractivity contribution is 0.748. The summed E-state index contributed by atoms with van der Waals surface area (Å²) in [6, 6.07) is 8.59. The van der Waals surface area contributed by atoms with Gasteiger partial charge in [0.15, 0.2) is 0 Å². The lowest BCUT2D eigenvalue weighted by Gasteiger charge is -2.01. The van der Waals surface area contributed by atoms with E-state index in [1.807, 2.05) is 6.07 Å². The van der Waals surface area contributed by atoms with E-state index in [4.69, 9.17) is 0 Å². The van der Waals surface area contributed by atoms with Crippen molar-refractivity contribution in [2.45, 2.75) is 12.5 Å². The Morgan fingerprint density at radius 3 is 3.07 bits per heavy atom. The van der Waals surface area contributed by atoms with Gasteiger partial charge in [-0.2, -0.15) is 10.2 Å². The molecule has 2 aromatic rings. The van der Waals surface area contributed by atoms with Crippen LogP contribution in [-0.4, -0.2) is 11.5 Å². The van der Waals surface area contributed by atoms with Crippen LogP contribution in [0.25, 0.3) is 10.9 Å². The van der Waals surface area contributed by atoms with Crippen molar-refractivity contribution >= 4 is 10.9 Å². The second-order valence-electron chi connectivity index (χ2n) is 3.57. The van der Waals surface area contributed by atoms with E-state index in [-0.39, 0.29) is 6.04 Å². The molecule has 0 fully saturated rings. The third kappa shape index (κ3) is 1.05. The van der Waals surface area contributed by atoms with Gasteiger partial charge in [0.2, 0.25) is 0 Å². The molecular formula is C11H11N3. The Morgan fingerprint density at radius 2 is 2.21 bits per heavy atom. The summed E-state index contributed by atoms with van der Waals surface area (Å²) in [7, 11) is 0. The van der Waals surface area contributed by atoms with Crippen LogP contribution in [0.4, 0.5) is 0 Å². The van der Waals surface area contributed by atoms with Crippen LogP contribution in [0.5, 0.6) is 0 Å². The van der Waals surface area contributed by atoms with E-state index >= 15 is 0 Å². The van der Waals surface area contributed by atoms with E-state index in [0.29, 0.717) is 0 Å². The van der Waals surface area contributed by atoms with Gasteiger partial charge in [-0.25, -0.2) is 0 Å². The zero-order valence-corrected chi connectivity index (χ0v) is 7.77. The molecule has 1 unspecified atom stereocenters. The third-order valence-corrected chi connectivity index (χ3v) is 2.70. The molecule has 0 bridgehead atoms. The molecule has 1 aromatic heterocycles. The molecule has 1 N–H and O–H groups in total. The Kier molecular flexibility index (Phi) is 1.63. The van der Waals surface area contributed by atoms with E-state index in [0.717, 1.165) is 13.0 Å². The lowest BCUT2D eigenvalue weighted by Crippen LogP contribution is -1.89. The molecule has 1 aliphatic rings. The fraction of sp³-hybridized carbons (Fsp3) is 0.273. The molecule has 0 aliphatic carbocycles. The molecule has 0 saturated heterocycles. The lowest BCUT2D eigenvalue weighted by atomic mass is 10.0. The number of nitrogens with one attached hydrogen (secondary N) is 1. The summed E-state index contributed by atoms with van der Waals surface area (Å²) >= 11 is 0. The van der Waals surface area contributed by atoms with Crippen LogP contribution in [0.1, 0.15) is 18.0 Å². The fourth-order valence-electron chi connectivity index (χ4n) is 1.98. The maximum atomic E-state index is 4.23. The number of benzene rings is 1. The summed E-state index contributed by atoms with van der Waals surface area (Å²) in [6.45, 7) is 0.865. The smallest absolute Gasteiger partial charge is 0.0996 e. The Bertz CT molecular complexity index is 484. The van der Waals surface area contributed by atoms with E-state index < -0.39 is 0 Å². The first-order valence-corrected chi connectivity index (χ1v) is 4.88. The molecule has 0 radical (unpaired) electrons. The highest BCUT2D eigenvalue weighted by atomic mass is 15.2. The Labute approximate surface area is 81.9 Å². The number of H-pyrrole nitrogens is 1. The summed E-state index contributed by atoms with van der Waals surface area (Å²) in [4.78, 5) is 3.26. The van der Waals surface area contributed by atoms with Gasteiger partial charge in [-0.1, -0.05) is 18.2 Å². The van der Waals surface area contributed by atoms with Crippen LogP contribution < -0.4 is 0 Å². The molecule has 2 heterocycles. The number of azo groups is 1. The maximum absolute atomic E-state index is 4.23. The SMILES string of the molecule is c1ccc2c(C3CCN=N3)c[nH]c2c1. The van der Waals surface area contributed by atoms with Crippen LogP contribution in [0, 0.1) is 0 Å². The molecule has 0 amide bonds. The number of hydrogen-bond donors (Lipinski definition) is 1. The molecule has 1 aliphatic heterocycles. The van der Waals surface area contributed by atoms with Crippen molar-refractivity contribution in [3.63, 3.8) is 0 Å². The first-order chi connectivity index (χ1) is 6.95. The standard InChI is InChI=1S/C11H11N3/c1-2-4-10-8(3-1)9(7-12-10)11-5-6-13-14-11/h1-4,7,11-12H,5-6H2. The Morgan fingerprint density at radius 1 is 1.29 bits per heavy atom. The van der Waals surface area contributed by atoms with Gasteiger partial charge in [0, 0.05) is 22.7 Å². The summed E-state index contributed by atoms with van der Waals surface area (Å²) in [5, 5.41) is 9.55. The predicted octanol–water partition coefficient (Wildman–Crippen LogP) is 3.06. The van der Waals surface area contributed by atoms with Crippen molar-refractivity contribution in [2.24, 2.45) is 10.2 Å². The largest absolute Gasteiger partial charge is 0.361 e.